The minimum Gasteiger partial charge on any atom is -0.394 e. The van der Waals surface area contributed by atoms with Gasteiger partial charge < -0.3 is 15.5 Å². The summed E-state index contributed by atoms with van der Waals surface area (Å²) < 4.78 is 0. The molecule has 0 rings (SSSR count). The van der Waals surface area contributed by atoms with Crippen molar-refractivity contribution in [2.24, 2.45) is 0 Å². The van der Waals surface area contributed by atoms with Crippen LogP contribution < -0.4 is 5.32 Å². The maximum Gasteiger partial charge on any atom is 0.220 e. The Kier molecular flexibility index (Phi) is 35.4. The second kappa shape index (κ2) is 36.3. The zero-order valence-corrected chi connectivity index (χ0v) is 29.7. The van der Waals surface area contributed by atoms with E-state index in [0.717, 1.165) is 32.1 Å². The molecule has 0 aliphatic carbocycles. The molecule has 0 aliphatic rings. The quantitative estimate of drug-likeness (QED) is 0.0488. The predicted molar refractivity (Wildman–Crippen MR) is 193 cm³/mol. The van der Waals surface area contributed by atoms with Crippen molar-refractivity contribution < 1.29 is 15.0 Å². The first-order valence-corrected chi connectivity index (χ1v) is 19.5. The van der Waals surface area contributed by atoms with E-state index in [2.05, 4.69) is 43.5 Å². The van der Waals surface area contributed by atoms with Crippen LogP contribution in [0.2, 0.25) is 0 Å². The Morgan fingerprint density at radius 1 is 0.523 bits per heavy atom. The number of allylic oxidation sites excluding steroid dienone is 4. The molecular weight excluding hydrogens is 542 g/mol. The third-order valence-electron chi connectivity index (χ3n) is 8.93. The van der Waals surface area contributed by atoms with Crippen molar-refractivity contribution in [3.05, 3.63) is 24.3 Å². The first-order chi connectivity index (χ1) is 21.7. The lowest BCUT2D eigenvalue weighted by molar-refractivity contribution is -0.123. The summed E-state index contributed by atoms with van der Waals surface area (Å²) in [5, 5.41) is 23.1. The smallest absolute Gasteiger partial charge is 0.220 e. The Morgan fingerprint density at radius 3 is 1.25 bits per heavy atom. The van der Waals surface area contributed by atoms with E-state index >= 15 is 0 Å². The molecule has 0 aliphatic heterocycles. The number of rotatable bonds is 35. The molecule has 0 aromatic rings. The fourth-order valence-corrected chi connectivity index (χ4v) is 5.88. The van der Waals surface area contributed by atoms with Gasteiger partial charge >= 0.3 is 0 Å². The summed E-state index contributed by atoms with van der Waals surface area (Å²) in [6.45, 7) is 4.33. The summed E-state index contributed by atoms with van der Waals surface area (Å²) in [5.41, 5.74) is 0. The molecular formula is C40H77NO3. The summed E-state index contributed by atoms with van der Waals surface area (Å²) in [7, 11) is 0. The highest BCUT2D eigenvalue weighted by molar-refractivity contribution is 5.76. The van der Waals surface area contributed by atoms with Crippen molar-refractivity contribution in [2.45, 2.75) is 219 Å². The molecule has 44 heavy (non-hydrogen) atoms. The maximum absolute atomic E-state index is 12.3. The second-order valence-corrected chi connectivity index (χ2v) is 13.3. The first-order valence-electron chi connectivity index (χ1n) is 19.5. The van der Waals surface area contributed by atoms with E-state index in [1.165, 1.54) is 148 Å². The largest absolute Gasteiger partial charge is 0.394 e. The van der Waals surface area contributed by atoms with Crippen molar-refractivity contribution >= 4 is 5.91 Å². The lowest BCUT2D eigenvalue weighted by atomic mass is 10.0. The van der Waals surface area contributed by atoms with E-state index in [1.807, 2.05) is 0 Å². The Hall–Kier alpha value is -1.13. The minimum atomic E-state index is -0.682. The van der Waals surface area contributed by atoms with E-state index in [-0.39, 0.29) is 12.5 Å². The van der Waals surface area contributed by atoms with E-state index < -0.39 is 12.1 Å². The van der Waals surface area contributed by atoms with Crippen LogP contribution in [0.1, 0.15) is 206 Å². The van der Waals surface area contributed by atoms with Gasteiger partial charge in [-0.25, -0.2) is 0 Å². The van der Waals surface area contributed by atoms with Gasteiger partial charge in [0.25, 0.3) is 0 Å². The minimum absolute atomic E-state index is 0.0499. The molecule has 0 fully saturated rings. The van der Waals surface area contributed by atoms with Crippen LogP contribution in [-0.2, 0) is 4.79 Å². The highest BCUT2D eigenvalue weighted by atomic mass is 16.3. The van der Waals surface area contributed by atoms with E-state index in [4.69, 9.17) is 0 Å². The molecule has 0 radical (unpaired) electrons. The molecule has 0 bridgehead atoms. The third kappa shape index (κ3) is 32.3. The number of aliphatic hydroxyl groups excluding tert-OH is 2. The molecule has 0 saturated heterocycles. The summed E-state index contributed by atoms with van der Waals surface area (Å²) in [4.78, 5) is 12.3. The van der Waals surface area contributed by atoms with Crippen LogP contribution in [-0.4, -0.2) is 34.9 Å². The van der Waals surface area contributed by atoms with Gasteiger partial charge in [-0.1, -0.05) is 160 Å². The van der Waals surface area contributed by atoms with Gasteiger partial charge in [0, 0.05) is 6.42 Å². The van der Waals surface area contributed by atoms with Crippen molar-refractivity contribution in [3.63, 3.8) is 0 Å². The molecule has 0 saturated carbocycles. The molecule has 2 atom stereocenters. The van der Waals surface area contributed by atoms with Crippen LogP contribution >= 0.6 is 0 Å². The molecule has 4 heteroatoms. The molecule has 1 amide bonds. The van der Waals surface area contributed by atoms with Gasteiger partial charge in [-0.2, -0.15) is 0 Å². The summed E-state index contributed by atoms with van der Waals surface area (Å²) in [6.07, 6.45) is 45.2. The topological polar surface area (TPSA) is 69.6 Å². The Morgan fingerprint density at radius 2 is 0.864 bits per heavy atom. The Balaban J connectivity index is 3.60. The van der Waals surface area contributed by atoms with E-state index in [1.54, 1.807) is 0 Å². The molecule has 0 spiro atoms. The number of unbranched alkanes of at least 4 members (excludes halogenated alkanes) is 24. The van der Waals surface area contributed by atoms with Gasteiger partial charge in [-0.05, 0) is 64.2 Å². The number of carbonyl (C=O) groups is 1. The molecule has 3 N–H and O–H groups in total. The maximum atomic E-state index is 12.3. The first kappa shape index (κ1) is 42.9. The number of aliphatic hydroxyl groups is 2. The van der Waals surface area contributed by atoms with Crippen LogP contribution in [0.3, 0.4) is 0 Å². The molecule has 260 valence electrons. The molecule has 4 nitrogen and oxygen atoms in total. The van der Waals surface area contributed by atoms with Crippen LogP contribution in [0.25, 0.3) is 0 Å². The van der Waals surface area contributed by atoms with Crippen LogP contribution in [0, 0.1) is 0 Å². The fourth-order valence-electron chi connectivity index (χ4n) is 5.88. The second-order valence-electron chi connectivity index (χ2n) is 13.3. The molecule has 0 aromatic heterocycles. The summed E-state index contributed by atoms with van der Waals surface area (Å²) in [5.74, 6) is -0.0499. The van der Waals surface area contributed by atoms with Gasteiger partial charge in [0.15, 0.2) is 0 Å². The van der Waals surface area contributed by atoms with Crippen molar-refractivity contribution in [1.82, 2.24) is 5.32 Å². The lowest BCUT2D eigenvalue weighted by Gasteiger charge is -2.22. The average Bonchev–Trinajstić information content (AvgIpc) is 3.03. The average molecular weight is 620 g/mol. The van der Waals surface area contributed by atoms with Crippen LogP contribution in [0.5, 0.6) is 0 Å². The Labute approximate surface area is 275 Å². The predicted octanol–water partition coefficient (Wildman–Crippen LogP) is 11.7. The van der Waals surface area contributed by atoms with E-state index in [9.17, 15) is 15.0 Å². The highest BCUT2D eigenvalue weighted by Gasteiger charge is 2.19. The fraction of sp³-hybridized carbons (Fsp3) is 0.875. The van der Waals surface area contributed by atoms with E-state index in [0.29, 0.717) is 12.8 Å². The normalized spacial score (nSPS) is 13.3. The SMILES string of the molecule is CCCCCCCC/C=C/CCCCCCCC(=O)N[C@@H](CO)[C@H](O)CCCC/C=C/CCCCCCCCCCCCC. The monoisotopic (exact) mass is 620 g/mol. The third-order valence-corrected chi connectivity index (χ3v) is 8.93. The zero-order valence-electron chi connectivity index (χ0n) is 29.7. The molecule has 0 unspecified atom stereocenters. The van der Waals surface area contributed by atoms with Crippen molar-refractivity contribution in [1.29, 1.82) is 0 Å². The Bertz CT molecular complexity index is 632. The number of hydrogen-bond donors (Lipinski definition) is 3. The van der Waals surface area contributed by atoms with Crippen LogP contribution in [0.4, 0.5) is 0 Å². The van der Waals surface area contributed by atoms with Gasteiger partial charge in [-0.3, -0.25) is 4.79 Å². The van der Waals surface area contributed by atoms with Crippen LogP contribution in [0.15, 0.2) is 24.3 Å². The summed E-state index contributed by atoms with van der Waals surface area (Å²) >= 11 is 0. The number of amides is 1. The standard InChI is InChI=1S/C40H77NO3/c1-3-5-7-9-11-13-15-17-19-20-22-23-25-27-29-31-33-35-39(43)38(37-42)41-40(44)36-34-32-30-28-26-24-21-18-16-14-12-10-8-6-4-2/h18,21,25,27,38-39,42-43H,3-17,19-20,22-24,26,28-37H2,1-2H3,(H,41,44)/b21-18+,27-25+/t38-,39+/m0/s1. The van der Waals surface area contributed by atoms with Crippen molar-refractivity contribution in [2.75, 3.05) is 6.61 Å². The van der Waals surface area contributed by atoms with Crippen molar-refractivity contribution in [3.8, 4) is 0 Å². The van der Waals surface area contributed by atoms with Gasteiger partial charge in [-0.15, -0.1) is 0 Å². The molecule has 0 heterocycles. The van der Waals surface area contributed by atoms with Gasteiger partial charge in [0.05, 0.1) is 18.8 Å². The highest BCUT2D eigenvalue weighted by Crippen LogP contribution is 2.14. The number of nitrogens with one attached hydrogen (secondary N) is 1. The van der Waals surface area contributed by atoms with Gasteiger partial charge in [0.1, 0.15) is 0 Å². The number of carbonyl (C=O) groups excluding carboxylic acids is 1. The molecule has 0 aromatic carbocycles. The zero-order chi connectivity index (χ0) is 32.2. The lowest BCUT2D eigenvalue weighted by Crippen LogP contribution is -2.45. The summed E-state index contributed by atoms with van der Waals surface area (Å²) in [6, 6.07) is -0.553. The van der Waals surface area contributed by atoms with Gasteiger partial charge in [0.2, 0.25) is 5.91 Å². The number of hydrogen-bond acceptors (Lipinski definition) is 3.